The van der Waals surface area contributed by atoms with E-state index in [2.05, 4.69) is 10.2 Å². The van der Waals surface area contributed by atoms with Gasteiger partial charge in [-0.05, 0) is 44.0 Å². The normalized spacial score (nSPS) is 25.6. The Labute approximate surface area is 124 Å². The highest BCUT2D eigenvalue weighted by Crippen LogP contribution is 2.22. The predicted molar refractivity (Wildman–Crippen MR) is 79.5 cm³/mol. The molecule has 21 heavy (non-hydrogen) atoms. The Balaban J connectivity index is 1.54. The number of morpholine rings is 1. The first kappa shape index (κ1) is 14.4. The zero-order valence-corrected chi connectivity index (χ0v) is 12.3. The second kappa shape index (κ2) is 6.03. The van der Waals surface area contributed by atoms with Gasteiger partial charge in [0, 0.05) is 19.1 Å². The van der Waals surface area contributed by atoms with Crippen LogP contribution in [0.5, 0.6) is 5.75 Å². The number of carbonyl (C=O) groups is 1. The van der Waals surface area contributed by atoms with Crippen molar-refractivity contribution in [3.8, 4) is 5.75 Å². The van der Waals surface area contributed by atoms with Crippen molar-refractivity contribution < 1.29 is 14.6 Å². The zero-order chi connectivity index (χ0) is 14.8. The Morgan fingerprint density at radius 3 is 3.19 bits per heavy atom. The van der Waals surface area contributed by atoms with Gasteiger partial charge in [0.2, 0.25) is 0 Å². The van der Waals surface area contributed by atoms with Crippen molar-refractivity contribution >= 4 is 5.91 Å². The highest BCUT2D eigenvalue weighted by atomic mass is 16.5. The molecule has 2 heterocycles. The number of phenols is 1. The van der Waals surface area contributed by atoms with Crippen molar-refractivity contribution in [2.45, 2.75) is 31.9 Å². The molecule has 0 saturated carbocycles. The monoisotopic (exact) mass is 290 g/mol. The molecule has 114 valence electrons. The third-order valence-corrected chi connectivity index (χ3v) is 4.35. The maximum Gasteiger partial charge on any atom is 0.255 e. The summed E-state index contributed by atoms with van der Waals surface area (Å²) in [5.41, 5.74) is 1.25. The van der Waals surface area contributed by atoms with Gasteiger partial charge in [-0.15, -0.1) is 0 Å². The number of aromatic hydroxyl groups is 1. The fourth-order valence-corrected chi connectivity index (χ4v) is 3.14. The van der Waals surface area contributed by atoms with Gasteiger partial charge in [0.1, 0.15) is 5.75 Å². The van der Waals surface area contributed by atoms with Crippen LogP contribution in [-0.2, 0) is 4.74 Å². The molecule has 2 aliphatic rings. The lowest BCUT2D eigenvalue weighted by atomic mass is 10.1. The molecule has 0 spiro atoms. The number of benzene rings is 1. The van der Waals surface area contributed by atoms with E-state index in [1.54, 1.807) is 12.1 Å². The Morgan fingerprint density at radius 1 is 1.52 bits per heavy atom. The molecule has 2 atom stereocenters. The SMILES string of the molecule is Cc1ccc(C(=O)NCC2CN3CCCC3CO2)c(O)c1. The molecule has 1 aromatic carbocycles. The number of hydrogen-bond donors (Lipinski definition) is 2. The molecular formula is C16H22N2O3. The average Bonchev–Trinajstić information content (AvgIpc) is 2.92. The number of fused-ring (bicyclic) bond motifs is 1. The second-order valence-electron chi connectivity index (χ2n) is 5.98. The lowest BCUT2D eigenvalue weighted by molar-refractivity contribution is -0.0461. The van der Waals surface area contributed by atoms with E-state index in [0.717, 1.165) is 25.3 Å². The van der Waals surface area contributed by atoms with Gasteiger partial charge < -0.3 is 15.2 Å². The summed E-state index contributed by atoms with van der Waals surface area (Å²) >= 11 is 0. The average molecular weight is 290 g/mol. The van der Waals surface area contributed by atoms with E-state index in [1.165, 1.54) is 12.8 Å². The van der Waals surface area contributed by atoms with Gasteiger partial charge in [-0.1, -0.05) is 6.07 Å². The van der Waals surface area contributed by atoms with Crippen LogP contribution < -0.4 is 5.32 Å². The Hall–Kier alpha value is -1.59. The molecule has 0 aliphatic carbocycles. The van der Waals surface area contributed by atoms with Crippen LogP contribution in [0.4, 0.5) is 0 Å². The molecule has 1 aromatic rings. The molecule has 2 fully saturated rings. The Bertz CT molecular complexity index is 532. The first-order chi connectivity index (χ1) is 10.1. The van der Waals surface area contributed by atoms with Crippen molar-refractivity contribution in [3.05, 3.63) is 29.3 Å². The molecule has 2 aliphatic heterocycles. The van der Waals surface area contributed by atoms with E-state index in [1.807, 2.05) is 13.0 Å². The van der Waals surface area contributed by atoms with Crippen LogP contribution in [-0.4, -0.2) is 54.3 Å². The minimum Gasteiger partial charge on any atom is -0.507 e. The van der Waals surface area contributed by atoms with E-state index in [0.29, 0.717) is 18.2 Å². The highest BCUT2D eigenvalue weighted by molar-refractivity contribution is 5.96. The summed E-state index contributed by atoms with van der Waals surface area (Å²) in [5.74, 6) is -0.226. The maximum absolute atomic E-state index is 12.1. The third-order valence-electron chi connectivity index (χ3n) is 4.35. The number of phenolic OH excluding ortho intramolecular Hbond substituents is 1. The molecule has 5 nitrogen and oxygen atoms in total. The van der Waals surface area contributed by atoms with E-state index >= 15 is 0 Å². The molecule has 3 rings (SSSR count). The smallest absolute Gasteiger partial charge is 0.255 e. The molecule has 2 unspecified atom stereocenters. The van der Waals surface area contributed by atoms with Gasteiger partial charge in [-0.25, -0.2) is 0 Å². The van der Waals surface area contributed by atoms with E-state index in [-0.39, 0.29) is 17.8 Å². The van der Waals surface area contributed by atoms with Crippen LogP contribution in [0, 0.1) is 6.92 Å². The number of rotatable bonds is 3. The van der Waals surface area contributed by atoms with Crippen molar-refractivity contribution in [2.75, 3.05) is 26.2 Å². The lowest BCUT2D eigenvalue weighted by Gasteiger charge is -2.35. The first-order valence-electron chi connectivity index (χ1n) is 7.57. The number of carbonyl (C=O) groups excluding carboxylic acids is 1. The van der Waals surface area contributed by atoms with Crippen LogP contribution in [0.3, 0.4) is 0 Å². The summed E-state index contributed by atoms with van der Waals surface area (Å²) in [4.78, 5) is 14.6. The molecule has 5 heteroatoms. The third kappa shape index (κ3) is 3.19. The van der Waals surface area contributed by atoms with E-state index in [9.17, 15) is 9.90 Å². The Morgan fingerprint density at radius 2 is 2.38 bits per heavy atom. The summed E-state index contributed by atoms with van der Waals surface area (Å²) in [5, 5.41) is 12.7. The van der Waals surface area contributed by atoms with Crippen LogP contribution in [0.2, 0.25) is 0 Å². The topological polar surface area (TPSA) is 61.8 Å². The summed E-state index contributed by atoms with van der Waals surface area (Å²) < 4.78 is 5.81. The summed E-state index contributed by atoms with van der Waals surface area (Å²) in [6.07, 6.45) is 2.50. The van der Waals surface area contributed by atoms with Crippen molar-refractivity contribution in [1.82, 2.24) is 10.2 Å². The summed E-state index contributed by atoms with van der Waals surface area (Å²) in [6.45, 7) is 5.14. The fourth-order valence-electron chi connectivity index (χ4n) is 3.14. The quantitative estimate of drug-likeness (QED) is 0.880. The van der Waals surface area contributed by atoms with Crippen LogP contribution >= 0.6 is 0 Å². The van der Waals surface area contributed by atoms with Crippen LogP contribution in [0.25, 0.3) is 0 Å². The molecule has 1 amide bonds. The summed E-state index contributed by atoms with van der Waals surface area (Å²) in [6, 6.07) is 5.64. The van der Waals surface area contributed by atoms with E-state index < -0.39 is 0 Å². The highest BCUT2D eigenvalue weighted by Gasteiger charge is 2.32. The fraction of sp³-hybridized carbons (Fsp3) is 0.562. The number of aryl methyl sites for hydroxylation is 1. The minimum absolute atomic E-state index is 0.0247. The van der Waals surface area contributed by atoms with Gasteiger partial charge in [0.25, 0.3) is 5.91 Å². The van der Waals surface area contributed by atoms with Crippen LogP contribution in [0.15, 0.2) is 18.2 Å². The Kier molecular flexibility index (Phi) is 4.12. The van der Waals surface area contributed by atoms with Gasteiger partial charge in [-0.3, -0.25) is 9.69 Å². The number of nitrogens with zero attached hydrogens (tertiary/aromatic N) is 1. The van der Waals surface area contributed by atoms with Gasteiger partial charge in [0.05, 0.1) is 18.3 Å². The standard InChI is InChI=1S/C16H22N2O3/c1-11-4-5-14(15(19)7-11)16(20)17-8-13-9-18-6-2-3-12(18)10-21-13/h4-5,7,12-13,19H,2-3,6,8-10H2,1H3,(H,17,20). The number of amides is 1. The van der Waals surface area contributed by atoms with Crippen molar-refractivity contribution in [2.24, 2.45) is 0 Å². The minimum atomic E-state index is -0.250. The van der Waals surface area contributed by atoms with Gasteiger partial charge in [0.15, 0.2) is 0 Å². The predicted octanol–water partition coefficient (Wildman–Crippen LogP) is 1.29. The zero-order valence-electron chi connectivity index (χ0n) is 12.3. The first-order valence-corrected chi connectivity index (χ1v) is 7.57. The molecule has 0 bridgehead atoms. The van der Waals surface area contributed by atoms with Crippen LogP contribution in [0.1, 0.15) is 28.8 Å². The van der Waals surface area contributed by atoms with Crippen molar-refractivity contribution in [3.63, 3.8) is 0 Å². The number of ether oxygens (including phenoxy) is 1. The molecule has 0 aromatic heterocycles. The largest absolute Gasteiger partial charge is 0.507 e. The summed E-state index contributed by atoms with van der Waals surface area (Å²) in [7, 11) is 0. The molecule has 2 saturated heterocycles. The maximum atomic E-state index is 12.1. The molecule has 2 N–H and O–H groups in total. The van der Waals surface area contributed by atoms with Crippen molar-refractivity contribution in [1.29, 1.82) is 0 Å². The molecule has 0 radical (unpaired) electrons. The number of hydrogen-bond acceptors (Lipinski definition) is 4. The molecular weight excluding hydrogens is 268 g/mol. The van der Waals surface area contributed by atoms with E-state index in [4.69, 9.17) is 4.74 Å². The lowest BCUT2D eigenvalue weighted by Crippen LogP contribution is -2.50. The van der Waals surface area contributed by atoms with Gasteiger partial charge in [-0.2, -0.15) is 0 Å². The number of nitrogens with one attached hydrogen (secondary N) is 1. The van der Waals surface area contributed by atoms with Gasteiger partial charge >= 0.3 is 0 Å². The second-order valence-corrected chi connectivity index (χ2v) is 5.98.